The highest BCUT2D eigenvalue weighted by Gasteiger charge is 2.22. The molecule has 0 aliphatic carbocycles. The minimum Gasteiger partial charge on any atom is -0.329 e. The Balaban J connectivity index is 1.96. The first kappa shape index (κ1) is 11.0. The Bertz CT molecular complexity index is 327. The molecule has 3 heteroatoms. The van der Waals surface area contributed by atoms with E-state index in [0.29, 0.717) is 18.5 Å². The molecule has 0 saturated carbocycles. The predicted octanol–water partition coefficient (Wildman–Crippen LogP) is 1.81. The standard InChI is InChI=1S/C12H18N2S/c1-9(6-13)14-7-10-8-15-12-5-3-2-4-11(10)12/h2-5,9-10,14H,6-8,13H2,1H3/t9-,10?/m1/s1. The Kier molecular flexibility index (Phi) is 3.67. The zero-order valence-corrected chi connectivity index (χ0v) is 9.89. The monoisotopic (exact) mass is 222 g/mol. The van der Waals surface area contributed by atoms with Gasteiger partial charge < -0.3 is 11.1 Å². The molecule has 1 heterocycles. The number of benzene rings is 1. The van der Waals surface area contributed by atoms with E-state index in [-0.39, 0.29) is 0 Å². The molecule has 3 N–H and O–H groups in total. The van der Waals surface area contributed by atoms with E-state index in [0.717, 1.165) is 6.54 Å². The average Bonchev–Trinajstić information content (AvgIpc) is 2.69. The summed E-state index contributed by atoms with van der Waals surface area (Å²) in [4.78, 5) is 1.45. The summed E-state index contributed by atoms with van der Waals surface area (Å²) in [5.74, 6) is 1.85. The van der Waals surface area contributed by atoms with Crippen molar-refractivity contribution in [1.82, 2.24) is 5.32 Å². The van der Waals surface area contributed by atoms with Gasteiger partial charge in [-0.25, -0.2) is 0 Å². The number of hydrogen-bond donors (Lipinski definition) is 2. The Hall–Kier alpha value is -0.510. The first-order valence-corrected chi connectivity index (χ1v) is 6.45. The van der Waals surface area contributed by atoms with Crippen LogP contribution in [0.1, 0.15) is 18.4 Å². The summed E-state index contributed by atoms with van der Waals surface area (Å²) in [6, 6.07) is 9.12. The molecular weight excluding hydrogens is 204 g/mol. The lowest BCUT2D eigenvalue weighted by molar-refractivity contribution is 0.528. The van der Waals surface area contributed by atoms with Gasteiger partial charge in [0.25, 0.3) is 0 Å². The second-order valence-corrected chi connectivity index (χ2v) is 5.15. The molecule has 0 saturated heterocycles. The van der Waals surface area contributed by atoms with Gasteiger partial charge in [-0.2, -0.15) is 0 Å². The minimum absolute atomic E-state index is 0.419. The molecule has 0 aromatic heterocycles. The number of thioether (sulfide) groups is 1. The number of nitrogens with one attached hydrogen (secondary N) is 1. The summed E-state index contributed by atoms with van der Waals surface area (Å²) in [7, 11) is 0. The van der Waals surface area contributed by atoms with E-state index in [1.807, 2.05) is 11.8 Å². The summed E-state index contributed by atoms with van der Waals surface area (Å²) in [5.41, 5.74) is 7.08. The number of nitrogens with two attached hydrogens (primary N) is 1. The molecular formula is C12H18N2S. The first-order valence-electron chi connectivity index (χ1n) is 5.46. The molecule has 0 bridgehead atoms. The van der Waals surface area contributed by atoms with Gasteiger partial charge in [-0.1, -0.05) is 18.2 Å². The van der Waals surface area contributed by atoms with Crippen molar-refractivity contribution in [3.8, 4) is 0 Å². The summed E-state index contributed by atoms with van der Waals surface area (Å²) in [6.07, 6.45) is 0. The first-order chi connectivity index (χ1) is 7.31. The third-order valence-corrected chi connectivity index (χ3v) is 4.12. The van der Waals surface area contributed by atoms with Gasteiger partial charge >= 0.3 is 0 Å². The van der Waals surface area contributed by atoms with E-state index in [2.05, 4.69) is 36.5 Å². The summed E-state index contributed by atoms with van der Waals surface area (Å²) < 4.78 is 0. The van der Waals surface area contributed by atoms with E-state index >= 15 is 0 Å². The molecule has 1 aromatic carbocycles. The summed E-state index contributed by atoms with van der Waals surface area (Å²) >= 11 is 1.96. The summed E-state index contributed by atoms with van der Waals surface area (Å²) in [5, 5.41) is 3.48. The molecule has 1 aliphatic heterocycles. The molecule has 1 unspecified atom stereocenters. The van der Waals surface area contributed by atoms with Gasteiger partial charge in [-0.15, -0.1) is 11.8 Å². The van der Waals surface area contributed by atoms with Crippen LogP contribution in [0.15, 0.2) is 29.2 Å². The van der Waals surface area contributed by atoms with Crippen LogP contribution in [0.25, 0.3) is 0 Å². The number of fused-ring (bicyclic) bond motifs is 1. The Morgan fingerprint density at radius 1 is 1.53 bits per heavy atom. The maximum Gasteiger partial charge on any atom is 0.0162 e. The van der Waals surface area contributed by atoms with Crippen molar-refractivity contribution in [2.24, 2.45) is 5.73 Å². The fourth-order valence-corrected chi connectivity index (χ4v) is 3.08. The van der Waals surface area contributed by atoms with Crippen molar-refractivity contribution in [1.29, 1.82) is 0 Å². The highest BCUT2D eigenvalue weighted by Crippen LogP contribution is 2.38. The Morgan fingerprint density at radius 2 is 2.33 bits per heavy atom. The molecule has 1 aliphatic rings. The molecule has 0 spiro atoms. The Labute approximate surface area is 95.6 Å². The van der Waals surface area contributed by atoms with Gasteiger partial charge in [-0.05, 0) is 18.6 Å². The van der Waals surface area contributed by atoms with Crippen molar-refractivity contribution in [2.75, 3.05) is 18.8 Å². The van der Waals surface area contributed by atoms with E-state index in [9.17, 15) is 0 Å². The highest BCUT2D eigenvalue weighted by atomic mass is 32.2. The van der Waals surface area contributed by atoms with Gasteiger partial charge in [0, 0.05) is 35.7 Å². The number of rotatable bonds is 4. The fourth-order valence-electron chi connectivity index (χ4n) is 1.83. The maximum absolute atomic E-state index is 5.58. The average molecular weight is 222 g/mol. The van der Waals surface area contributed by atoms with Crippen LogP contribution in [0.4, 0.5) is 0 Å². The van der Waals surface area contributed by atoms with Gasteiger partial charge in [0.05, 0.1) is 0 Å². The molecule has 0 amide bonds. The molecule has 1 aromatic rings. The van der Waals surface area contributed by atoms with Crippen LogP contribution < -0.4 is 11.1 Å². The number of hydrogen-bond acceptors (Lipinski definition) is 3. The topological polar surface area (TPSA) is 38.0 Å². The highest BCUT2D eigenvalue weighted by molar-refractivity contribution is 7.99. The van der Waals surface area contributed by atoms with Crippen LogP contribution in [-0.2, 0) is 0 Å². The van der Waals surface area contributed by atoms with Crippen LogP contribution in [0, 0.1) is 0 Å². The fraction of sp³-hybridized carbons (Fsp3) is 0.500. The lowest BCUT2D eigenvalue weighted by atomic mass is 10.0. The van der Waals surface area contributed by atoms with Crippen molar-refractivity contribution >= 4 is 11.8 Å². The predicted molar refractivity (Wildman–Crippen MR) is 66.4 cm³/mol. The van der Waals surface area contributed by atoms with E-state index in [1.165, 1.54) is 16.2 Å². The normalized spacial score (nSPS) is 21.3. The molecule has 82 valence electrons. The second kappa shape index (κ2) is 5.01. The second-order valence-electron chi connectivity index (χ2n) is 4.09. The largest absolute Gasteiger partial charge is 0.329 e. The van der Waals surface area contributed by atoms with Crippen LogP contribution >= 0.6 is 11.8 Å². The molecule has 0 radical (unpaired) electrons. The maximum atomic E-state index is 5.58. The van der Waals surface area contributed by atoms with Gasteiger partial charge in [0.2, 0.25) is 0 Å². The van der Waals surface area contributed by atoms with Crippen molar-refractivity contribution in [3.63, 3.8) is 0 Å². The third-order valence-electron chi connectivity index (χ3n) is 2.87. The van der Waals surface area contributed by atoms with Crippen molar-refractivity contribution in [2.45, 2.75) is 23.8 Å². The van der Waals surface area contributed by atoms with Gasteiger partial charge in [0.1, 0.15) is 0 Å². The van der Waals surface area contributed by atoms with Crippen LogP contribution in [0.2, 0.25) is 0 Å². The lowest BCUT2D eigenvalue weighted by Crippen LogP contribution is -2.36. The minimum atomic E-state index is 0.419. The van der Waals surface area contributed by atoms with Crippen LogP contribution in [0.3, 0.4) is 0 Å². The van der Waals surface area contributed by atoms with Crippen LogP contribution in [-0.4, -0.2) is 24.9 Å². The van der Waals surface area contributed by atoms with Crippen LogP contribution in [0.5, 0.6) is 0 Å². The zero-order chi connectivity index (χ0) is 10.7. The Morgan fingerprint density at radius 3 is 3.13 bits per heavy atom. The van der Waals surface area contributed by atoms with E-state index in [1.54, 1.807) is 0 Å². The van der Waals surface area contributed by atoms with E-state index < -0.39 is 0 Å². The van der Waals surface area contributed by atoms with Gasteiger partial charge in [0.15, 0.2) is 0 Å². The zero-order valence-electron chi connectivity index (χ0n) is 9.07. The van der Waals surface area contributed by atoms with E-state index in [4.69, 9.17) is 5.73 Å². The molecule has 2 rings (SSSR count). The summed E-state index contributed by atoms with van der Waals surface area (Å²) in [6.45, 7) is 3.89. The SMILES string of the molecule is C[C@H](CN)NCC1CSc2ccccc21. The molecule has 2 atom stereocenters. The quantitative estimate of drug-likeness (QED) is 0.816. The molecule has 2 nitrogen and oxygen atoms in total. The molecule has 0 fully saturated rings. The van der Waals surface area contributed by atoms with Crippen molar-refractivity contribution in [3.05, 3.63) is 29.8 Å². The third kappa shape index (κ3) is 2.54. The molecule has 15 heavy (non-hydrogen) atoms. The lowest BCUT2D eigenvalue weighted by Gasteiger charge is -2.15. The van der Waals surface area contributed by atoms with Crippen molar-refractivity contribution < 1.29 is 0 Å². The smallest absolute Gasteiger partial charge is 0.0162 e. The van der Waals surface area contributed by atoms with Gasteiger partial charge in [-0.3, -0.25) is 0 Å².